The smallest absolute Gasteiger partial charge is 0.242 e. The zero-order valence-electron chi connectivity index (χ0n) is 10.4. The van der Waals surface area contributed by atoms with Crippen LogP contribution in [0, 0.1) is 0 Å². The van der Waals surface area contributed by atoms with E-state index in [0.717, 1.165) is 6.26 Å². The summed E-state index contributed by atoms with van der Waals surface area (Å²) < 4.78 is 27.6. The van der Waals surface area contributed by atoms with Gasteiger partial charge in [-0.15, -0.1) is 0 Å². The fourth-order valence-corrected chi connectivity index (χ4v) is 1.70. The highest BCUT2D eigenvalue weighted by Crippen LogP contribution is 2.26. The van der Waals surface area contributed by atoms with Crippen LogP contribution in [0.1, 0.15) is 6.92 Å². The average Bonchev–Trinajstić information content (AvgIpc) is 2.27. The average molecular weight is 272 g/mol. The molecule has 1 unspecified atom stereocenters. The van der Waals surface area contributed by atoms with Gasteiger partial charge in [-0.2, -0.15) is 0 Å². The molecule has 18 heavy (non-hydrogen) atoms. The first-order valence-electron chi connectivity index (χ1n) is 5.19. The van der Waals surface area contributed by atoms with Gasteiger partial charge in [0.25, 0.3) is 0 Å². The Kier molecular flexibility index (Phi) is 4.18. The van der Waals surface area contributed by atoms with Gasteiger partial charge in [-0.05, 0) is 25.1 Å². The summed E-state index contributed by atoms with van der Waals surface area (Å²) in [6.07, 6.45) is 1.01. The lowest BCUT2D eigenvalue weighted by atomic mass is 10.2. The molecule has 0 aromatic heterocycles. The van der Waals surface area contributed by atoms with Gasteiger partial charge in [-0.1, -0.05) is 0 Å². The van der Waals surface area contributed by atoms with Gasteiger partial charge in [-0.3, -0.25) is 4.79 Å². The van der Waals surface area contributed by atoms with Gasteiger partial charge in [0.1, 0.15) is 11.0 Å². The second-order valence-corrected chi connectivity index (χ2v) is 6.29. The minimum atomic E-state index is -3.44. The van der Waals surface area contributed by atoms with Gasteiger partial charge in [-0.25, -0.2) is 8.42 Å². The number of carbonyl (C=O) groups excluding carboxylic acids is 1. The van der Waals surface area contributed by atoms with Crippen LogP contribution < -0.4 is 15.8 Å². The maximum atomic E-state index is 11.8. The van der Waals surface area contributed by atoms with Crippen molar-refractivity contribution in [2.24, 2.45) is 0 Å². The standard InChI is InChI=1S/C11H16N2O4S/c1-7(18(3,15)16)11(14)13-9-6-8(12)4-5-10(9)17-2/h4-7H,12H2,1-3H3,(H,13,14). The normalized spacial score (nSPS) is 12.8. The van der Waals surface area contributed by atoms with Crippen LogP contribution in [0.25, 0.3) is 0 Å². The Morgan fingerprint density at radius 3 is 2.56 bits per heavy atom. The van der Waals surface area contributed by atoms with E-state index < -0.39 is 21.0 Å². The lowest BCUT2D eigenvalue weighted by molar-refractivity contribution is -0.115. The van der Waals surface area contributed by atoms with Gasteiger partial charge in [0.2, 0.25) is 5.91 Å². The summed E-state index contributed by atoms with van der Waals surface area (Å²) in [5.41, 5.74) is 6.38. The molecule has 0 aliphatic carbocycles. The van der Waals surface area contributed by atoms with Crippen molar-refractivity contribution < 1.29 is 17.9 Å². The molecule has 7 heteroatoms. The summed E-state index contributed by atoms with van der Waals surface area (Å²) in [7, 11) is -1.99. The third-order valence-corrected chi connectivity index (χ3v) is 3.99. The van der Waals surface area contributed by atoms with E-state index in [2.05, 4.69) is 5.32 Å². The van der Waals surface area contributed by atoms with Gasteiger partial charge in [0.05, 0.1) is 12.8 Å². The van der Waals surface area contributed by atoms with Crippen molar-refractivity contribution in [2.45, 2.75) is 12.2 Å². The van der Waals surface area contributed by atoms with E-state index in [0.29, 0.717) is 17.1 Å². The quantitative estimate of drug-likeness (QED) is 0.784. The van der Waals surface area contributed by atoms with Crippen LogP contribution in [0.5, 0.6) is 5.75 Å². The number of rotatable bonds is 4. The van der Waals surface area contributed by atoms with Gasteiger partial charge in [0.15, 0.2) is 9.84 Å². The molecule has 0 saturated carbocycles. The molecule has 0 spiro atoms. The van der Waals surface area contributed by atoms with Crippen molar-refractivity contribution in [1.82, 2.24) is 0 Å². The number of sulfone groups is 1. The van der Waals surface area contributed by atoms with Crippen molar-refractivity contribution >= 4 is 27.1 Å². The van der Waals surface area contributed by atoms with Gasteiger partial charge < -0.3 is 15.8 Å². The molecule has 0 aliphatic heterocycles. The van der Waals surface area contributed by atoms with Crippen LogP contribution in [0.2, 0.25) is 0 Å². The Balaban J connectivity index is 2.98. The van der Waals surface area contributed by atoms with E-state index in [-0.39, 0.29) is 0 Å². The van der Waals surface area contributed by atoms with Crippen LogP contribution in [0.15, 0.2) is 18.2 Å². The molecular formula is C11H16N2O4S. The molecule has 0 bridgehead atoms. The Morgan fingerprint density at radius 2 is 2.06 bits per heavy atom. The van der Waals surface area contributed by atoms with Crippen molar-refractivity contribution in [3.8, 4) is 5.75 Å². The predicted octanol–water partition coefficient (Wildman–Crippen LogP) is 0.649. The molecule has 0 aliphatic rings. The lowest BCUT2D eigenvalue weighted by Gasteiger charge is -2.13. The number of benzene rings is 1. The maximum absolute atomic E-state index is 11.8. The minimum Gasteiger partial charge on any atom is -0.495 e. The zero-order chi connectivity index (χ0) is 13.9. The monoisotopic (exact) mass is 272 g/mol. The lowest BCUT2D eigenvalue weighted by Crippen LogP contribution is -2.31. The van der Waals surface area contributed by atoms with Gasteiger partial charge in [0, 0.05) is 11.9 Å². The highest BCUT2D eigenvalue weighted by molar-refractivity contribution is 7.92. The van der Waals surface area contributed by atoms with Crippen LogP contribution in [0.4, 0.5) is 11.4 Å². The zero-order valence-corrected chi connectivity index (χ0v) is 11.2. The molecule has 1 amide bonds. The molecular weight excluding hydrogens is 256 g/mol. The number of hydrogen-bond donors (Lipinski definition) is 2. The number of ether oxygens (including phenoxy) is 1. The molecule has 1 aromatic rings. The number of amides is 1. The van der Waals surface area contributed by atoms with Crippen molar-refractivity contribution in [3.05, 3.63) is 18.2 Å². The van der Waals surface area contributed by atoms with Crippen LogP contribution in [-0.2, 0) is 14.6 Å². The number of nitrogens with one attached hydrogen (secondary N) is 1. The molecule has 0 fully saturated rings. The molecule has 1 atom stereocenters. The Labute approximate surface area is 106 Å². The van der Waals surface area contributed by atoms with Crippen molar-refractivity contribution in [3.63, 3.8) is 0 Å². The van der Waals surface area contributed by atoms with Gasteiger partial charge >= 0.3 is 0 Å². The van der Waals surface area contributed by atoms with Crippen LogP contribution in [-0.4, -0.2) is 32.9 Å². The maximum Gasteiger partial charge on any atom is 0.242 e. The summed E-state index contributed by atoms with van der Waals surface area (Å²) in [4.78, 5) is 11.8. The fraction of sp³-hybridized carbons (Fsp3) is 0.364. The van der Waals surface area contributed by atoms with E-state index in [1.165, 1.54) is 20.1 Å². The first-order valence-corrected chi connectivity index (χ1v) is 7.14. The van der Waals surface area contributed by atoms with Crippen molar-refractivity contribution in [1.29, 1.82) is 0 Å². The second kappa shape index (κ2) is 5.26. The highest BCUT2D eigenvalue weighted by atomic mass is 32.2. The number of nitrogen functional groups attached to an aromatic ring is 1. The van der Waals surface area contributed by atoms with E-state index in [1.807, 2.05) is 0 Å². The Hall–Kier alpha value is -1.76. The number of anilines is 2. The molecule has 1 rings (SSSR count). The summed E-state index contributed by atoms with van der Waals surface area (Å²) in [6, 6.07) is 4.72. The Bertz CT molecular complexity index is 554. The summed E-state index contributed by atoms with van der Waals surface area (Å²) in [5, 5.41) is 1.35. The molecule has 6 nitrogen and oxygen atoms in total. The number of methoxy groups -OCH3 is 1. The number of nitrogens with two attached hydrogens (primary N) is 1. The molecule has 100 valence electrons. The first-order chi connectivity index (χ1) is 8.25. The first kappa shape index (κ1) is 14.3. The van der Waals surface area contributed by atoms with Crippen LogP contribution in [0.3, 0.4) is 0 Å². The molecule has 1 aromatic carbocycles. The SMILES string of the molecule is COc1ccc(N)cc1NC(=O)C(C)S(C)(=O)=O. The third-order valence-electron chi connectivity index (χ3n) is 2.49. The number of hydrogen-bond acceptors (Lipinski definition) is 5. The van der Waals surface area contributed by atoms with Crippen LogP contribution >= 0.6 is 0 Å². The van der Waals surface area contributed by atoms with E-state index in [4.69, 9.17) is 10.5 Å². The minimum absolute atomic E-state index is 0.345. The molecule has 0 saturated heterocycles. The largest absolute Gasteiger partial charge is 0.495 e. The van der Waals surface area contributed by atoms with E-state index in [1.54, 1.807) is 12.1 Å². The molecule has 0 heterocycles. The number of carbonyl (C=O) groups is 1. The topological polar surface area (TPSA) is 98.5 Å². The summed E-state index contributed by atoms with van der Waals surface area (Å²) in [5.74, 6) is -0.209. The third kappa shape index (κ3) is 3.36. The highest BCUT2D eigenvalue weighted by Gasteiger charge is 2.24. The fourth-order valence-electron chi connectivity index (χ4n) is 1.25. The van der Waals surface area contributed by atoms with E-state index >= 15 is 0 Å². The molecule has 3 N–H and O–H groups in total. The van der Waals surface area contributed by atoms with Crippen molar-refractivity contribution in [2.75, 3.05) is 24.4 Å². The summed E-state index contributed by atoms with van der Waals surface area (Å²) in [6.45, 7) is 1.32. The molecule has 0 radical (unpaired) electrons. The van der Waals surface area contributed by atoms with E-state index in [9.17, 15) is 13.2 Å². The summed E-state index contributed by atoms with van der Waals surface area (Å²) >= 11 is 0. The Morgan fingerprint density at radius 1 is 1.44 bits per heavy atom. The predicted molar refractivity (Wildman–Crippen MR) is 70.3 cm³/mol. The second-order valence-electron chi connectivity index (χ2n) is 3.92.